The standard InChI is InChI=1S/C26H33N7O2/c27-13-19-9-10-24-25(12-19)32(18-28-24)15-21-6-4-5-20(11-21)14-31(26(34)35)16-22-17-33(30-29-22)23-7-2-1-3-8-23/h9-10,12,17-18,20-21,23H,1-8,11,14-16H2,(H,34,35). The van der Waals surface area contributed by atoms with E-state index in [-0.39, 0.29) is 6.54 Å². The van der Waals surface area contributed by atoms with Crippen molar-refractivity contribution in [2.45, 2.75) is 76.9 Å². The Bertz CT molecular complexity index is 1200. The molecule has 0 radical (unpaired) electrons. The maximum absolute atomic E-state index is 12.1. The second-order valence-electron chi connectivity index (χ2n) is 10.3. The molecular weight excluding hydrogens is 442 g/mol. The Hall–Kier alpha value is -3.41. The number of amides is 1. The summed E-state index contributed by atoms with van der Waals surface area (Å²) in [6.07, 6.45) is 13.1. The zero-order valence-electron chi connectivity index (χ0n) is 20.1. The lowest BCUT2D eigenvalue weighted by Gasteiger charge is -2.32. The molecule has 2 aromatic heterocycles. The first-order valence-electron chi connectivity index (χ1n) is 12.8. The van der Waals surface area contributed by atoms with Crippen LogP contribution < -0.4 is 0 Å². The van der Waals surface area contributed by atoms with Crippen molar-refractivity contribution in [1.82, 2.24) is 29.4 Å². The molecule has 2 aliphatic carbocycles. The molecule has 0 aliphatic heterocycles. The van der Waals surface area contributed by atoms with Gasteiger partial charge in [0.05, 0.1) is 47.8 Å². The molecule has 2 unspecified atom stereocenters. The largest absolute Gasteiger partial charge is 0.465 e. The molecule has 1 aromatic carbocycles. The number of nitriles is 1. The molecule has 0 saturated heterocycles. The predicted octanol–water partition coefficient (Wildman–Crippen LogP) is 4.99. The molecule has 9 heteroatoms. The summed E-state index contributed by atoms with van der Waals surface area (Å²) in [5, 5.41) is 27.7. The van der Waals surface area contributed by atoms with Crippen molar-refractivity contribution in [3.8, 4) is 6.07 Å². The molecular formula is C26H33N7O2. The molecule has 2 saturated carbocycles. The van der Waals surface area contributed by atoms with Crippen LogP contribution in [-0.2, 0) is 13.1 Å². The lowest BCUT2D eigenvalue weighted by Crippen LogP contribution is -2.36. The maximum Gasteiger partial charge on any atom is 0.407 e. The van der Waals surface area contributed by atoms with Crippen LogP contribution in [-0.4, -0.2) is 47.2 Å². The van der Waals surface area contributed by atoms with Gasteiger partial charge in [0.2, 0.25) is 0 Å². The van der Waals surface area contributed by atoms with Crippen LogP contribution >= 0.6 is 0 Å². The second-order valence-corrected chi connectivity index (χ2v) is 10.3. The van der Waals surface area contributed by atoms with Gasteiger partial charge in [-0.1, -0.05) is 30.9 Å². The van der Waals surface area contributed by atoms with E-state index in [1.54, 1.807) is 6.07 Å². The van der Waals surface area contributed by atoms with E-state index >= 15 is 0 Å². The number of fused-ring (bicyclic) bond motifs is 1. The third-order valence-electron chi connectivity index (χ3n) is 7.70. The molecule has 3 aromatic rings. The molecule has 2 atom stereocenters. The van der Waals surface area contributed by atoms with Crippen LogP contribution in [0.4, 0.5) is 4.79 Å². The van der Waals surface area contributed by atoms with Gasteiger partial charge in [-0.2, -0.15) is 5.26 Å². The molecule has 2 aliphatic rings. The summed E-state index contributed by atoms with van der Waals surface area (Å²) in [5.74, 6) is 0.780. The van der Waals surface area contributed by atoms with Gasteiger partial charge in [-0.3, -0.25) is 0 Å². The molecule has 0 spiro atoms. The smallest absolute Gasteiger partial charge is 0.407 e. The average molecular weight is 476 g/mol. The normalized spacial score (nSPS) is 21.1. The highest BCUT2D eigenvalue weighted by atomic mass is 16.4. The molecule has 5 rings (SSSR count). The summed E-state index contributed by atoms with van der Waals surface area (Å²) in [6, 6.07) is 8.19. The summed E-state index contributed by atoms with van der Waals surface area (Å²) >= 11 is 0. The van der Waals surface area contributed by atoms with Crippen molar-refractivity contribution in [1.29, 1.82) is 5.26 Å². The van der Waals surface area contributed by atoms with Crippen molar-refractivity contribution >= 4 is 17.1 Å². The Labute approximate surface area is 205 Å². The zero-order chi connectivity index (χ0) is 24.2. The summed E-state index contributed by atoms with van der Waals surface area (Å²) in [6.45, 7) is 1.64. The van der Waals surface area contributed by atoms with Gasteiger partial charge in [0.15, 0.2) is 0 Å². The molecule has 184 valence electrons. The van der Waals surface area contributed by atoms with Crippen LogP contribution in [0.2, 0.25) is 0 Å². The number of imidazole rings is 1. The van der Waals surface area contributed by atoms with Crippen molar-refractivity contribution in [2.24, 2.45) is 11.8 Å². The minimum Gasteiger partial charge on any atom is -0.465 e. The summed E-state index contributed by atoms with van der Waals surface area (Å²) in [5.41, 5.74) is 3.25. The highest BCUT2D eigenvalue weighted by molar-refractivity contribution is 5.76. The Morgan fingerprint density at radius 2 is 1.97 bits per heavy atom. The summed E-state index contributed by atoms with van der Waals surface area (Å²) in [7, 11) is 0. The van der Waals surface area contributed by atoms with Crippen LogP contribution in [0.25, 0.3) is 11.0 Å². The number of hydrogen-bond donors (Lipinski definition) is 1. The molecule has 9 nitrogen and oxygen atoms in total. The van der Waals surface area contributed by atoms with Crippen molar-refractivity contribution in [3.63, 3.8) is 0 Å². The Morgan fingerprint density at radius 3 is 2.77 bits per heavy atom. The average Bonchev–Trinajstić information content (AvgIpc) is 3.51. The molecule has 1 amide bonds. The third-order valence-corrected chi connectivity index (χ3v) is 7.70. The fourth-order valence-corrected chi connectivity index (χ4v) is 5.91. The van der Waals surface area contributed by atoms with Gasteiger partial charge in [0, 0.05) is 13.1 Å². The number of nitrogens with zero attached hydrogens (tertiary/aromatic N) is 7. The molecule has 2 fully saturated rings. The number of benzene rings is 1. The first kappa shape index (κ1) is 23.3. The fourth-order valence-electron chi connectivity index (χ4n) is 5.91. The van der Waals surface area contributed by atoms with Gasteiger partial charge in [0.25, 0.3) is 0 Å². The number of hydrogen-bond acceptors (Lipinski definition) is 5. The van der Waals surface area contributed by atoms with E-state index in [0.29, 0.717) is 30.0 Å². The van der Waals surface area contributed by atoms with E-state index in [2.05, 4.69) is 25.9 Å². The zero-order valence-corrected chi connectivity index (χ0v) is 20.1. The van der Waals surface area contributed by atoms with Crippen LogP contribution in [0.5, 0.6) is 0 Å². The predicted molar refractivity (Wildman–Crippen MR) is 130 cm³/mol. The van der Waals surface area contributed by atoms with Gasteiger partial charge < -0.3 is 14.6 Å². The van der Waals surface area contributed by atoms with Gasteiger partial charge in [-0.25, -0.2) is 14.5 Å². The number of aromatic nitrogens is 5. The van der Waals surface area contributed by atoms with Gasteiger partial charge in [-0.05, 0) is 62.1 Å². The monoisotopic (exact) mass is 475 g/mol. The van der Waals surface area contributed by atoms with Gasteiger partial charge >= 0.3 is 6.09 Å². The Morgan fingerprint density at radius 1 is 1.14 bits per heavy atom. The fraction of sp³-hybridized carbons (Fsp3) is 0.577. The molecule has 0 bridgehead atoms. The van der Waals surface area contributed by atoms with E-state index in [1.807, 2.05) is 29.3 Å². The summed E-state index contributed by atoms with van der Waals surface area (Å²) in [4.78, 5) is 18.1. The van der Waals surface area contributed by atoms with Crippen LogP contribution in [0, 0.1) is 23.2 Å². The first-order chi connectivity index (χ1) is 17.1. The molecule has 1 N–H and O–H groups in total. The Kier molecular flexibility index (Phi) is 6.98. The van der Waals surface area contributed by atoms with Crippen molar-refractivity contribution < 1.29 is 9.90 Å². The van der Waals surface area contributed by atoms with Crippen molar-refractivity contribution in [3.05, 3.63) is 42.0 Å². The van der Waals surface area contributed by atoms with Gasteiger partial charge in [-0.15, -0.1) is 5.10 Å². The SMILES string of the molecule is N#Cc1ccc2ncn(CC3CCCC(CN(Cc4cn(C5CCCCC5)nn4)C(=O)O)C3)c2c1. The quantitative estimate of drug-likeness (QED) is 0.515. The topological polar surface area (TPSA) is 113 Å². The lowest BCUT2D eigenvalue weighted by molar-refractivity contribution is 0.119. The minimum atomic E-state index is -0.899. The Balaban J connectivity index is 1.21. The van der Waals surface area contributed by atoms with Crippen LogP contribution in [0.1, 0.15) is 75.1 Å². The van der Waals surface area contributed by atoms with Crippen molar-refractivity contribution in [2.75, 3.05) is 6.54 Å². The van der Waals surface area contributed by atoms with Crippen LogP contribution in [0.15, 0.2) is 30.7 Å². The van der Waals surface area contributed by atoms with E-state index in [0.717, 1.165) is 61.8 Å². The van der Waals surface area contributed by atoms with E-state index < -0.39 is 6.09 Å². The number of rotatable bonds is 7. The van der Waals surface area contributed by atoms with E-state index in [4.69, 9.17) is 0 Å². The van der Waals surface area contributed by atoms with Crippen LogP contribution in [0.3, 0.4) is 0 Å². The minimum absolute atomic E-state index is 0.284. The highest BCUT2D eigenvalue weighted by Crippen LogP contribution is 2.32. The third kappa shape index (κ3) is 5.47. The van der Waals surface area contributed by atoms with Gasteiger partial charge in [0.1, 0.15) is 5.69 Å². The van der Waals surface area contributed by atoms with E-state index in [9.17, 15) is 15.2 Å². The number of carbonyl (C=O) groups is 1. The maximum atomic E-state index is 12.1. The van der Waals surface area contributed by atoms with E-state index in [1.165, 1.54) is 24.2 Å². The molecule has 2 heterocycles. The second kappa shape index (κ2) is 10.5. The highest BCUT2D eigenvalue weighted by Gasteiger charge is 2.27. The number of carboxylic acid groups (broad SMARTS) is 1. The summed E-state index contributed by atoms with van der Waals surface area (Å²) < 4.78 is 4.08. The molecule has 35 heavy (non-hydrogen) atoms. The lowest BCUT2D eigenvalue weighted by atomic mass is 9.81. The first-order valence-corrected chi connectivity index (χ1v) is 12.8.